The minimum atomic E-state index is -0.178. The maximum Gasteiger partial charge on any atom is 0.266 e. The van der Waals surface area contributed by atoms with Crippen LogP contribution in [0.1, 0.15) is 60.7 Å². The summed E-state index contributed by atoms with van der Waals surface area (Å²) in [6.07, 6.45) is 6.20. The van der Waals surface area contributed by atoms with E-state index >= 15 is 0 Å². The highest BCUT2D eigenvalue weighted by Gasteiger charge is 2.33. The summed E-state index contributed by atoms with van der Waals surface area (Å²) in [5.41, 5.74) is 4.29. The summed E-state index contributed by atoms with van der Waals surface area (Å²) in [5, 5.41) is 4.45. The van der Waals surface area contributed by atoms with E-state index in [2.05, 4.69) is 32.2 Å². The number of thiazole rings is 2. The lowest BCUT2D eigenvalue weighted by atomic mass is 10.0. The van der Waals surface area contributed by atoms with Crippen molar-refractivity contribution < 1.29 is 9.59 Å². The molecule has 2 amide bonds. The summed E-state index contributed by atoms with van der Waals surface area (Å²) >= 11 is 2.98. The molecule has 0 bridgehead atoms. The molecule has 1 atom stereocenters. The topological polar surface area (TPSA) is 91.3 Å². The molecule has 5 heterocycles. The number of aryl methyl sites for hydroxylation is 1. The number of benzene rings is 1. The van der Waals surface area contributed by atoms with Crippen LogP contribution in [-0.2, 0) is 13.0 Å². The molecule has 194 valence electrons. The van der Waals surface area contributed by atoms with E-state index in [1.54, 1.807) is 23.7 Å². The van der Waals surface area contributed by atoms with Crippen molar-refractivity contribution in [2.24, 2.45) is 0 Å². The monoisotopic (exact) mass is 544 g/mol. The molecule has 0 radical (unpaired) electrons. The van der Waals surface area contributed by atoms with Crippen LogP contribution in [0, 0.1) is 6.92 Å². The maximum atomic E-state index is 13.7. The average Bonchev–Trinajstić information content (AvgIpc) is 3.67. The number of carbonyl (C=O) groups is 2. The number of fused-ring (bicyclic) bond motifs is 1. The van der Waals surface area contributed by atoms with Crippen molar-refractivity contribution in [3.05, 3.63) is 81.1 Å². The van der Waals surface area contributed by atoms with Crippen molar-refractivity contribution in [2.75, 3.05) is 25.5 Å². The Morgan fingerprint density at radius 3 is 2.76 bits per heavy atom. The summed E-state index contributed by atoms with van der Waals surface area (Å²) < 4.78 is 0. The Balaban J connectivity index is 1.20. The van der Waals surface area contributed by atoms with E-state index in [4.69, 9.17) is 0 Å². The highest BCUT2D eigenvalue weighted by Crippen LogP contribution is 2.36. The summed E-state index contributed by atoms with van der Waals surface area (Å²) in [6.45, 7) is 4.39. The Bertz CT molecular complexity index is 1500. The molecule has 0 saturated carbocycles. The molecule has 0 unspecified atom stereocenters. The van der Waals surface area contributed by atoms with Gasteiger partial charge in [0.25, 0.3) is 11.8 Å². The van der Waals surface area contributed by atoms with Gasteiger partial charge in [-0.05, 0) is 63.1 Å². The second-order valence-electron chi connectivity index (χ2n) is 9.78. The fourth-order valence-electron chi connectivity index (χ4n) is 5.14. The minimum absolute atomic E-state index is 0.00371. The molecule has 0 spiro atoms. The summed E-state index contributed by atoms with van der Waals surface area (Å²) in [6, 6.07) is 11.4. The van der Waals surface area contributed by atoms with E-state index in [1.165, 1.54) is 16.2 Å². The molecule has 6 rings (SSSR count). The zero-order valence-corrected chi connectivity index (χ0v) is 22.9. The van der Waals surface area contributed by atoms with Gasteiger partial charge in [0.05, 0.1) is 17.4 Å². The van der Waals surface area contributed by atoms with Crippen molar-refractivity contribution in [1.29, 1.82) is 0 Å². The third kappa shape index (κ3) is 4.87. The lowest BCUT2D eigenvalue weighted by Crippen LogP contribution is -2.30. The molecular formula is C28H28N6O2S2. The van der Waals surface area contributed by atoms with Gasteiger partial charge in [-0.3, -0.25) is 19.9 Å². The summed E-state index contributed by atoms with van der Waals surface area (Å²) in [7, 11) is 2.08. The number of likely N-dealkylation sites (N-methyl/N-ethyl adjacent to an activating group) is 1. The predicted octanol–water partition coefficient (Wildman–Crippen LogP) is 5.19. The van der Waals surface area contributed by atoms with Crippen LogP contribution >= 0.6 is 22.7 Å². The van der Waals surface area contributed by atoms with Crippen LogP contribution in [0.15, 0.2) is 48.8 Å². The number of carbonyl (C=O) groups excluding carboxylic acids is 2. The quantitative estimate of drug-likeness (QED) is 0.372. The molecule has 1 saturated heterocycles. The SMILES string of the molecule is Cc1nc(-c2ccncc2)sc1C(=O)N1CCC[C@@H]1c1cccc(C(=O)Nc2nc3c(s2)CCN(C)C3)c1. The molecule has 10 heteroatoms. The van der Waals surface area contributed by atoms with Gasteiger partial charge in [0.2, 0.25) is 0 Å². The second kappa shape index (κ2) is 10.4. The third-order valence-corrected chi connectivity index (χ3v) is 9.37. The van der Waals surface area contributed by atoms with E-state index in [1.807, 2.05) is 48.2 Å². The smallest absolute Gasteiger partial charge is 0.266 e. The molecule has 1 N–H and O–H groups in total. The number of amides is 2. The van der Waals surface area contributed by atoms with Crippen LogP contribution in [0.5, 0.6) is 0 Å². The number of likely N-dealkylation sites (tertiary alicyclic amines) is 1. The molecule has 4 aromatic rings. The normalized spacial score (nSPS) is 17.4. The lowest BCUT2D eigenvalue weighted by molar-refractivity contribution is 0.0739. The van der Waals surface area contributed by atoms with E-state index < -0.39 is 0 Å². The molecular weight excluding hydrogens is 516 g/mol. The molecule has 1 fully saturated rings. The van der Waals surface area contributed by atoms with Gasteiger partial charge >= 0.3 is 0 Å². The second-order valence-corrected chi connectivity index (χ2v) is 11.9. The van der Waals surface area contributed by atoms with Gasteiger partial charge in [-0.15, -0.1) is 22.7 Å². The first kappa shape index (κ1) is 24.8. The van der Waals surface area contributed by atoms with E-state index in [-0.39, 0.29) is 17.9 Å². The summed E-state index contributed by atoms with van der Waals surface area (Å²) in [4.78, 5) is 46.3. The molecule has 38 heavy (non-hydrogen) atoms. The zero-order chi connectivity index (χ0) is 26.2. The Labute approximate surface area is 229 Å². The van der Waals surface area contributed by atoms with Crippen LogP contribution in [0.4, 0.5) is 5.13 Å². The van der Waals surface area contributed by atoms with Gasteiger partial charge in [0, 0.05) is 48.0 Å². The van der Waals surface area contributed by atoms with Crippen LogP contribution < -0.4 is 5.32 Å². The van der Waals surface area contributed by atoms with Crippen LogP contribution in [0.3, 0.4) is 0 Å². The van der Waals surface area contributed by atoms with E-state index in [9.17, 15) is 9.59 Å². The third-order valence-electron chi connectivity index (χ3n) is 7.10. The van der Waals surface area contributed by atoms with Gasteiger partial charge < -0.3 is 9.80 Å². The zero-order valence-electron chi connectivity index (χ0n) is 21.3. The average molecular weight is 545 g/mol. The number of nitrogens with one attached hydrogen (secondary N) is 1. The van der Waals surface area contributed by atoms with Crippen molar-refractivity contribution in [3.8, 4) is 10.6 Å². The number of aromatic nitrogens is 3. The van der Waals surface area contributed by atoms with Gasteiger partial charge in [0.15, 0.2) is 5.13 Å². The lowest BCUT2D eigenvalue weighted by Gasteiger charge is -2.25. The van der Waals surface area contributed by atoms with E-state index in [0.717, 1.165) is 59.9 Å². The molecule has 2 aliphatic heterocycles. The van der Waals surface area contributed by atoms with Crippen molar-refractivity contribution in [2.45, 2.75) is 38.8 Å². The standard InChI is InChI=1S/C28H28N6O2S2/c1-17-24(38-26(30-17)18-8-11-29-12-9-18)27(36)34-13-4-7-22(34)19-5-3-6-20(15-19)25(35)32-28-31-21-16-33(2)14-10-23(21)37-28/h3,5-6,8-9,11-12,15,22H,4,7,10,13-14,16H2,1-2H3,(H,31,32,35)/t22-/m1/s1. The highest BCUT2D eigenvalue weighted by molar-refractivity contribution is 7.17. The first-order valence-electron chi connectivity index (χ1n) is 12.7. The van der Waals surface area contributed by atoms with Gasteiger partial charge in [-0.1, -0.05) is 12.1 Å². The number of rotatable bonds is 5. The molecule has 2 aliphatic rings. The Kier molecular flexibility index (Phi) is 6.77. The van der Waals surface area contributed by atoms with Crippen molar-refractivity contribution in [1.82, 2.24) is 24.8 Å². The minimum Gasteiger partial charge on any atom is -0.331 e. The Morgan fingerprint density at radius 2 is 1.92 bits per heavy atom. The van der Waals surface area contributed by atoms with Crippen LogP contribution in [0.25, 0.3) is 10.6 Å². The predicted molar refractivity (Wildman–Crippen MR) is 150 cm³/mol. The van der Waals surface area contributed by atoms with Gasteiger partial charge in [-0.25, -0.2) is 9.97 Å². The van der Waals surface area contributed by atoms with Crippen molar-refractivity contribution in [3.63, 3.8) is 0 Å². The fourth-order valence-corrected chi connectivity index (χ4v) is 7.12. The number of hydrogen-bond donors (Lipinski definition) is 1. The highest BCUT2D eigenvalue weighted by atomic mass is 32.1. The molecule has 3 aromatic heterocycles. The molecule has 0 aliphatic carbocycles. The van der Waals surface area contributed by atoms with Crippen LogP contribution in [-0.4, -0.2) is 56.7 Å². The number of hydrogen-bond acceptors (Lipinski definition) is 8. The Hall–Kier alpha value is -3.47. The number of nitrogens with zero attached hydrogens (tertiary/aromatic N) is 5. The first-order valence-corrected chi connectivity index (χ1v) is 14.4. The van der Waals surface area contributed by atoms with Gasteiger partial charge in [-0.2, -0.15) is 0 Å². The molecule has 1 aromatic carbocycles. The largest absolute Gasteiger partial charge is 0.331 e. The fraction of sp³-hybridized carbons (Fsp3) is 0.321. The maximum absolute atomic E-state index is 13.7. The van der Waals surface area contributed by atoms with Gasteiger partial charge in [0.1, 0.15) is 9.88 Å². The molecule has 8 nitrogen and oxygen atoms in total. The number of pyridine rings is 1. The van der Waals surface area contributed by atoms with Crippen LogP contribution in [0.2, 0.25) is 0 Å². The van der Waals surface area contributed by atoms with E-state index in [0.29, 0.717) is 22.1 Å². The number of anilines is 1. The first-order chi connectivity index (χ1) is 18.5. The Morgan fingerprint density at radius 1 is 1.08 bits per heavy atom. The summed E-state index contributed by atoms with van der Waals surface area (Å²) in [5.74, 6) is -0.182. The van der Waals surface area contributed by atoms with Crippen molar-refractivity contribution >= 4 is 39.6 Å².